The molecular weight excluding hydrogens is 184 g/mol. The van der Waals surface area contributed by atoms with Crippen LogP contribution in [0.25, 0.3) is 0 Å². The Kier molecular flexibility index (Phi) is 3.76. The van der Waals surface area contributed by atoms with Crippen LogP contribution in [0, 0.1) is 6.92 Å². The highest BCUT2D eigenvalue weighted by molar-refractivity contribution is 6.30. The molecule has 0 saturated heterocycles. The Labute approximate surface area is 84.4 Å². The van der Waals surface area contributed by atoms with Gasteiger partial charge in [-0.1, -0.05) is 24.6 Å². The van der Waals surface area contributed by atoms with Crippen molar-refractivity contribution in [3.05, 3.63) is 34.3 Å². The van der Waals surface area contributed by atoms with Crippen molar-refractivity contribution in [1.82, 2.24) is 0 Å². The van der Waals surface area contributed by atoms with E-state index >= 15 is 0 Å². The van der Waals surface area contributed by atoms with Crippen LogP contribution in [0.4, 0.5) is 0 Å². The number of hydrogen-bond acceptors (Lipinski definition) is 1. The summed E-state index contributed by atoms with van der Waals surface area (Å²) in [6.07, 6.45) is 1.23. The van der Waals surface area contributed by atoms with E-state index in [1.165, 1.54) is 5.56 Å². The number of aliphatic hydroxyl groups excluding tert-OH is 1. The molecule has 1 atom stereocenters. The monoisotopic (exact) mass is 198 g/mol. The molecule has 1 aromatic carbocycles. The standard InChI is InChI=1S/C11H15ClO/c1-3-11(13)7-9-6-10(12)5-4-8(9)2/h4-6,11,13H,3,7H2,1-2H3/t11-/m0/s1. The summed E-state index contributed by atoms with van der Waals surface area (Å²) in [5.74, 6) is 0. The van der Waals surface area contributed by atoms with Crippen LogP contribution in [-0.4, -0.2) is 11.2 Å². The smallest absolute Gasteiger partial charge is 0.0578 e. The summed E-state index contributed by atoms with van der Waals surface area (Å²) in [5, 5.41) is 10.2. The van der Waals surface area contributed by atoms with E-state index in [1.54, 1.807) is 0 Å². The quantitative estimate of drug-likeness (QED) is 0.792. The fourth-order valence-electron chi connectivity index (χ4n) is 1.26. The average Bonchev–Trinajstić information content (AvgIpc) is 2.11. The first-order valence-corrected chi connectivity index (χ1v) is 4.94. The van der Waals surface area contributed by atoms with E-state index in [-0.39, 0.29) is 6.10 Å². The molecule has 0 aromatic heterocycles. The third-order valence-electron chi connectivity index (χ3n) is 2.24. The maximum absolute atomic E-state index is 9.48. The van der Waals surface area contributed by atoms with Gasteiger partial charge in [0, 0.05) is 5.02 Å². The number of benzene rings is 1. The molecule has 0 bridgehead atoms. The molecule has 0 spiro atoms. The molecule has 0 heterocycles. The highest BCUT2D eigenvalue weighted by Gasteiger charge is 2.05. The summed E-state index contributed by atoms with van der Waals surface area (Å²) in [6, 6.07) is 5.79. The molecule has 0 aliphatic carbocycles. The molecule has 1 nitrogen and oxygen atoms in total. The highest BCUT2D eigenvalue weighted by Crippen LogP contribution is 2.17. The molecule has 0 saturated carbocycles. The topological polar surface area (TPSA) is 20.2 Å². The van der Waals surface area contributed by atoms with Gasteiger partial charge in [-0.15, -0.1) is 0 Å². The van der Waals surface area contributed by atoms with Crippen molar-refractivity contribution in [3.8, 4) is 0 Å². The maximum atomic E-state index is 9.48. The van der Waals surface area contributed by atoms with E-state index in [0.29, 0.717) is 6.42 Å². The van der Waals surface area contributed by atoms with Gasteiger partial charge >= 0.3 is 0 Å². The van der Waals surface area contributed by atoms with Gasteiger partial charge < -0.3 is 5.11 Å². The van der Waals surface area contributed by atoms with Gasteiger partial charge in [0.2, 0.25) is 0 Å². The molecule has 0 unspecified atom stereocenters. The summed E-state index contributed by atoms with van der Waals surface area (Å²) in [6.45, 7) is 4.01. The summed E-state index contributed by atoms with van der Waals surface area (Å²) in [7, 11) is 0. The lowest BCUT2D eigenvalue weighted by molar-refractivity contribution is 0.170. The zero-order valence-corrected chi connectivity index (χ0v) is 8.80. The van der Waals surface area contributed by atoms with Crippen molar-refractivity contribution in [3.63, 3.8) is 0 Å². The number of halogens is 1. The van der Waals surface area contributed by atoms with Gasteiger partial charge in [0.25, 0.3) is 0 Å². The van der Waals surface area contributed by atoms with Crippen LogP contribution >= 0.6 is 11.6 Å². The van der Waals surface area contributed by atoms with Crippen molar-refractivity contribution < 1.29 is 5.11 Å². The lowest BCUT2D eigenvalue weighted by Crippen LogP contribution is -2.09. The second kappa shape index (κ2) is 4.64. The maximum Gasteiger partial charge on any atom is 0.0578 e. The Balaban J connectivity index is 2.81. The predicted octanol–water partition coefficient (Wildman–Crippen LogP) is 2.96. The lowest BCUT2D eigenvalue weighted by atomic mass is 10.0. The van der Waals surface area contributed by atoms with Crippen LogP contribution in [-0.2, 0) is 6.42 Å². The van der Waals surface area contributed by atoms with Gasteiger partial charge in [0.05, 0.1) is 6.10 Å². The molecule has 1 N–H and O–H groups in total. The van der Waals surface area contributed by atoms with Crippen LogP contribution in [0.15, 0.2) is 18.2 Å². The Morgan fingerprint density at radius 3 is 2.77 bits per heavy atom. The Morgan fingerprint density at radius 1 is 1.46 bits per heavy atom. The van der Waals surface area contributed by atoms with Crippen LogP contribution in [0.1, 0.15) is 24.5 Å². The van der Waals surface area contributed by atoms with E-state index in [9.17, 15) is 5.11 Å². The Bertz CT molecular complexity index is 283. The molecule has 0 radical (unpaired) electrons. The average molecular weight is 199 g/mol. The SMILES string of the molecule is CC[C@H](O)Cc1cc(Cl)ccc1C. The van der Waals surface area contributed by atoms with Crippen LogP contribution in [0.2, 0.25) is 5.02 Å². The summed E-state index contributed by atoms with van der Waals surface area (Å²) in [4.78, 5) is 0. The minimum atomic E-state index is -0.253. The van der Waals surface area contributed by atoms with Gasteiger partial charge in [-0.2, -0.15) is 0 Å². The Hall–Kier alpha value is -0.530. The lowest BCUT2D eigenvalue weighted by Gasteiger charge is -2.10. The van der Waals surface area contributed by atoms with Crippen molar-refractivity contribution in [2.75, 3.05) is 0 Å². The zero-order chi connectivity index (χ0) is 9.84. The normalized spacial score (nSPS) is 12.9. The van der Waals surface area contributed by atoms with Crippen molar-refractivity contribution in [1.29, 1.82) is 0 Å². The molecule has 0 aliphatic heterocycles. The predicted molar refractivity (Wildman–Crippen MR) is 56.2 cm³/mol. The van der Waals surface area contributed by atoms with E-state index < -0.39 is 0 Å². The molecule has 1 aromatic rings. The van der Waals surface area contributed by atoms with Gasteiger partial charge in [0.15, 0.2) is 0 Å². The minimum absolute atomic E-state index is 0.253. The Morgan fingerprint density at radius 2 is 2.15 bits per heavy atom. The van der Waals surface area contributed by atoms with Gasteiger partial charge in [-0.3, -0.25) is 0 Å². The minimum Gasteiger partial charge on any atom is -0.393 e. The number of aliphatic hydroxyl groups is 1. The molecule has 0 fully saturated rings. The van der Waals surface area contributed by atoms with Crippen molar-refractivity contribution in [2.45, 2.75) is 32.8 Å². The third kappa shape index (κ3) is 3.02. The van der Waals surface area contributed by atoms with Crippen LogP contribution in [0.5, 0.6) is 0 Å². The first-order chi connectivity index (χ1) is 6.13. The molecule has 2 heteroatoms. The first-order valence-electron chi connectivity index (χ1n) is 4.56. The number of rotatable bonds is 3. The highest BCUT2D eigenvalue weighted by atomic mass is 35.5. The fraction of sp³-hybridized carbons (Fsp3) is 0.455. The number of hydrogen-bond donors (Lipinski definition) is 1. The van der Waals surface area contributed by atoms with E-state index in [4.69, 9.17) is 11.6 Å². The summed E-state index contributed by atoms with van der Waals surface area (Å²) >= 11 is 5.86. The largest absolute Gasteiger partial charge is 0.393 e. The van der Waals surface area contributed by atoms with Crippen molar-refractivity contribution >= 4 is 11.6 Å². The third-order valence-corrected chi connectivity index (χ3v) is 2.47. The summed E-state index contributed by atoms with van der Waals surface area (Å²) in [5.41, 5.74) is 2.33. The van der Waals surface area contributed by atoms with E-state index in [0.717, 1.165) is 17.0 Å². The molecule has 13 heavy (non-hydrogen) atoms. The van der Waals surface area contributed by atoms with Crippen LogP contribution < -0.4 is 0 Å². The van der Waals surface area contributed by atoms with Crippen molar-refractivity contribution in [2.24, 2.45) is 0 Å². The molecular formula is C11H15ClO. The van der Waals surface area contributed by atoms with Crippen LogP contribution in [0.3, 0.4) is 0 Å². The van der Waals surface area contributed by atoms with E-state index in [2.05, 4.69) is 0 Å². The first kappa shape index (κ1) is 10.6. The molecule has 1 rings (SSSR count). The second-order valence-corrected chi connectivity index (χ2v) is 3.77. The van der Waals surface area contributed by atoms with Gasteiger partial charge in [-0.05, 0) is 43.0 Å². The summed E-state index contributed by atoms with van der Waals surface area (Å²) < 4.78 is 0. The van der Waals surface area contributed by atoms with Gasteiger partial charge in [0.1, 0.15) is 0 Å². The molecule has 72 valence electrons. The second-order valence-electron chi connectivity index (χ2n) is 3.34. The zero-order valence-electron chi connectivity index (χ0n) is 8.05. The number of aryl methyl sites for hydroxylation is 1. The van der Waals surface area contributed by atoms with Gasteiger partial charge in [-0.25, -0.2) is 0 Å². The molecule has 0 amide bonds. The molecule has 0 aliphatic rings. The van der Waals surface area contributed by atoms with E-state index in [1.807, 2.05) is 32.0 Å². The fourth-order valence-corrected chi connectivity index (χ4v) is 1.45.